The van der Waals surface area contributed by atoms with Crippen LogP contribution in [-0.2, 0) is 15.9 Å². The topological polar surface area (TPSA) is 112 Å². The summed E-state index contributed by atoms with van der Waals surface area (Å²) in [6.45, 7) is 0. The fourth-order valence-electron chi connectivity index (χ4n) is 1.57. The molecule has 0 spiro atoms. The lowest BCUT2D eigenvalue weighted by Gasteiger charge is -2.09. The molecule has 0 bridgehead atoms. The Hall–Kier alpha value is -2.43. The average molecular weight is 333 g/mol. The Morgan fingerprint density at radius 3 is 2.73 bits per heavy atom. The van der Waals surface area contributed by atoms with Crippen molar-refractivity contribution < 1.29 is 22.2 Å². The number of rotatable bonds is 3. The maximum atomic E-state index is 12.7. The highest BCUT2D eigenvalue weighted by molar-refractivity contribution is 7.91. The summed E-state index contributed by atoms with van der Waals surface area (Å²) in [6.07, 6.45) is -1.88. The minimum Gasteiger partial charge on any atom is -0.321 e. The Morgan fingerprint density at radius 1 is 1.45 bits per heavy atom. The Kier molecular flexibility index (Phi) is 3.92. The van der Waals surface area contributed by atoms with Crippen LogP contribution in [-0.4, -0.2) is 31.6 Å². The third-order valence-corrected chi connectivity index (χ3v) is 3.59. The van der Waals surface area contributed by atoms with Crippen LogP contribution in [0.2, 0.25) is 0 Å². The highest BCUT2D eigenvalue weighted by atomic mass is 32.2. The van der Waals surface area contributed by atoms with Gasteiger partial charge >= 0.3 is 6.18 Å². The normalized spacial score (nSPS) is 14.4. The molecule has 0 radical (unpaired) electrons. The van der Waals surface area contributed by atoms with E-state index in [0.29, 0.717) is 6.20 Å². The minimum absolute atomic E-state index is 0.0690. The molecule has 2 rings (SSSR count). The smallest absolute Gasteiger partial charge is 0.321 e. The molecule has 1 atom stereocenters. The highest BCUT2D eigenvalue weighted by Crippen LogP contribution is 2.31. The lowest BCUT2D eigenvalue weighted by Crippen LogP contribution is -2.18. The van der Waals surface area contributed by atoms with Gasteiger partial charge in [0.2, 0.25) is 0 Å². The molecule has 1 amide bonds. The van der Waals surface area contributed by atoms with Gasteiger partial charge in [0.25, 0.3) is 5.91 Å². The standard InChI is InChI=1S/C11H10F3N5O2S/c1-22(15,21)8-4-6(2-3-16-8)18-10(20)9-7(5-17-19-9)11(12,13)14/h2-5,15H,1H3,(H,17,19)(H,16,18,20). The quantitative estimate of drug-likeness (QED) is 0.798. The number of carbonyl (C=O) groups is 1. The summed E-state index contributed by atoms with van der Waals surface area (Å²) >= 11 is 0. The van der Waals surface area contributed by atoms with Crippen molar-refractivity contribution >= 4 is 21.3 Å². The van der Waals surface area contributed by atoms with Crippen LogP contribution in [0, 0.1) is 4.78 Å². The zero-order chi connectivity index (χ0) is 16.5. The number of aromatic nitrogens is 3. The van der Waals surface area contributed by atoms with Crippen LogP contribution in [0.15, 0.2) is 29.6 Å². The molecular weight excluding hydrogens is 323 g/mol. The van der Waals surface area contributed by atoms with Gasteiger partial charge in [-0.1, -0.05) is 0 Å². The van der Waals surface area contributed by atoms with Crippen molar-refractivity contribution in [1.29, 1.82) is 4.78 Å². The first kappa shape index (κ1) is 15.9. The molecule has 22 heavy (non-hydrogen) atoms. The summed E-state index contributed by atoms with van der Waals surface area (Å²) in [5.74, 6) is -1.06. The van der Waals surface area contributed by atoms with Gasteiger partial charge in [-0.15, -0.1) is 0 Å². The van der Waals surface area contributed by atoms with E-state index in [1.807, 2.05) is 5.10 Å². The maximum Gasteiger partial charge on any atom is 0.420 e. The molecule has 11 heteroatoms. The molecule has 0 aromatic carbocycles. The van der Waals surface area contributed by atoms with Crippen molar-refractivity contribution in [2.75, 3.05) is 11.6 Å². The van der Waals surface area contributed by atoms with Crippen LogP contribution < -0.4 is 5.32 Å². The number of aromatic amines is 1. The summed E-state index contributed by atoms with van der Waals surface area (Å²) in [6, 6.07) is 2.47. The Bertz CT molecular complexity index is 813. The molecule has 2 heterocycles. The second kappa shape index (κ2) is 5.40. The van der Waals surface area contributed by atoms with Crippen LogP contribution >= 0.6 is 0 Å². The van der Waals surface area contributed by atoms with Crippen molar-refractivity contribution in [1.82, 2.24) is 15.2 Å². The van der Waals surface area contributed by atoms with Crippen molar-refractivity contribution in [3.05, 3.63) is 35.8 Å². The Labute approximate surface area is 122 Å². The van der Waals surface area contributed by atoms with Gasteiger partial charge in [0.1, 0.15) is 16.3 Å². The maximum absolute atomic E-state index is 12.7. The average Bonchev–Trinajstić information content (AvgIpc) is 2.87. The van der Waals surface area contributed by atoms with Gasteiger partial charge in [0.05, 0.1) is 15.9 Å². The van der Waals surface area contributed by atoms with E-state index in [4.69, 9.17) is 4.78 Å². The summed E-state index contributed by atoms with van der Waals surface area (Å²) in [5, 5.41) is 7.32. The molecule has 0 aliphatic carbocycles. The number of nitrogens with zero attached hydrogens (tertiary/aromatic N) is 2. The van der Waals surface area contributed by atoms with Crippen molar-refractivity contribution in [2.24, 2.45) is 0 Å². The molecule has 0 fully saturated rings. The molecular formula is C11H10F3N5O2S. The number of nitrogens with one attached hydrogen (secondary N) is 3. The Balaban J connectivity index is 2.29. The highest BCUT2D eigenvalue weighted by Gasteiger charge is 2.37. The van der Waals surface area contributed by atoms with Gasteiger partial charge in [-0.2, -0.15) is 18.3 Å². The van der Waals surface area contributed by atoms with E-state index in [2.05, 4.69) is 15.4 Å². The number of hydrogen-bond donors (Lipinski definition) is 3. The minimum atomic E-state index is -4.72. The molecule has 3 N–H and O–H groups in total. The zero-order valence-electron chi connectivity index (χ0n) is 11.1. The van der Waals surface area contributed by atoms with Crippen LogP contribution in [0.4, 0.5) is 18.9 Å². The van der Waals surface area contributed by atoms with E-state index in [9.17, 15) is 22.2 Å². The van der Waals surface area contributed by atoms with Gasteiger partial charge in [-0.3, -0.25) is 9.89 Å². The molecule has 1 unspecified atom stereocenters. The molecule has 0 aliphatic rings. The summed E-state index contributed by atoms with van der Waals surface area (Å²) in [4.78, 5) is 15.6. The van der Waals surface area contributed by atoms with E-state index < -0.39 is 33.1 Å². The van der Waals surface area contributed by atoms with E-state index in [1.165, 1.54) is 12.3 Å². The first-order chi connectivity index (χ1) is 10.1. The summed E-state index contributed by atoms with van der Waals surface area (Å²) in [5.41, 5.74) is -1.87. The Morgan fingerprint density at radius 2 is 2.14 bits per heavy atom. The van der Waals surface area contributed by atoms with Gasteiger partial charge < -0.3 is 5.32 Å². The fraction of sp³-hybridized carbons (Fsp3) is 0.182. The molecule has 2 aromatic heterocycles. The van der Waals surface area contributed by atoms with Crippen molar-refractivity contribution in [2.45, 2.75) is 11.2 Å². The lowest BCUT2D eigenvalue weighted by molar-refractivity contribution is -0.137. The van der Waals surface area contributed by atoms with Gasteiger partial charge in [-0.25, -0.2) is 14.0 Å². The predicted octanol–water partition coefficient (Wildman–Crippen LogP) is 2.11. The van der Waals surface area contributed by atoms with Crippen LogP contribution in [0.5, 0.6) is 0 Å². The number of H-pyrrole nitrogens is 1. The largest absolute Gasteiger partial charge is 0.420 e. The molecule has 2 aromatic rings. The molecule has 0 saturated heterocycles. The van der Waals surface area contributed by atoms with Gasteiger partial charge in [-0.05, 0) is 12.1 Å². The van der Waals surface area contributed by atoms with Gasteiger partial charge in [0, 0.05) is 18.1 Å². The number of hydrogen-bond acceptors (Lipinski definition) is 5. The third-order valence-electron chi connectivity index (χ3n) is 2.56. The number of carbonyl (C=O) groups excluding carboxylic acids is 1. The first-order valence-electron chi connectivity index (χ1n) is 5.71. The molecule has 7 nitrogen and oxygen atoms in total. The molecule has 118 valence electrons. The monoisotopic (exact) mass is 333 g/mol. The van der Waals surface area contributed by atoms with Crippen LogP contribution in [0.3, 0.4) is 0 Å². The molecule has 0 saturated carbocycles. The number of anilines is 1. The van der Waals surface area contributed by atoms with Crippen LogP contribution in [0.25, 0.3) is 0 Å². The van der Waals surface area contributed by atoms with E-state index in [-0.39, 0.29) is 10.7 Å². The van der Waals surface area contributed by atoms with Crippen molar-refractivity contribution in [3.8, 4) is 0 Å². The van der Waals surface area contributed by atoms with Gasteiger partial charge in [0.15, 0.2) is 0 Å². The van der Waals surface area contributed by atoms with Crippen molar-refractivity contribution in [3.63, 3.8) is 0 Å². The third kappa shape index (κ3) is 3.42. The number of alkyl halides is 3. The van der Waals surface area contributed by atoms with E-state index in [0.717, 1.165) is 12.3 Å². The van der Waals surface area contributed by atoms with Crippen LogP contribution in [0.1, 0.15) is 16.1 Å². The fourth-order valence-corrected chi connectivity index (χ4v) is 2.18. The number of halogens is 3. The lowest BCUT2D eigenvalue weighted by atomic mass is 10.2. The second-order valence-corrected chi connectivity index (χ2v) is 6.44. The van der Waals surface area contributed by atoms with E-state index >= 15 is 0 Å². The SMILES string of the molecule is CS(=N)(=O)c1cc(NC(=O)c2[nH]ncc2C(F)(F)F)ccn1. The molecule has 0 aliphatic heterocycles. The summed E-state index contributed by atoms with van der Waals surface area (Å²) in [7, 11) is -3.11. The number of pyridine rings is 1. The predicted molar refractivity (Wildman–Crippen MR) is 70.8 cm³/mol. The van der Waals surface area contributed by atoms with E-state index in [1.54, 1.807) is 0 Å². The summed E-state index contributed by atoms with van der Waals surface area (Å²) < 4.78 is 57.0. The second-order valence-electron chi connectivity index (χ2n) is 4.34. The number of amides is 1. The zero-order valence-corrected chi connectivity index (χ0v) is 11.9. The first-order valence-corrected chi connectivity index (χ1v) is 7.67.